The number of fused-ring (bicyclic) bond motifs is 3. The largest absolute Gasteiger partial charge is 0.507 e. The molecule has 2 aromatic rings. The lowest BCUT2D eigenvalue weighted by atomic mass is 9.61. The first-order chi connectivity index (χ1) is 17.0. The molecule has 4 N–H and O–H groups in total. The van der Waals surface area contributed by atoms with Crippen LogP contribution in [0.15, 0.2) is 17.7 Å². The minimum atomic E-state index is -2.41. The summed E-state index contributed by atoms with van der Waals surface area (Å²) in [6.45, 7) is 1.92. The summed E-state index contributed by atoms with van der Waals surface area (Å²) >= 11 is 0. The summed E-state index contributed by atoms with van der Waals surface area (Å²) in [5.41, 5.74) is -4.03. The smallest absolute Gasteiger partial charge is 0.342 e. The van der Waals surface area contributed by atoms with Gasteiger partial charge in [0.2, 0.25) is 0 Å². The number of hydrogen-bond donors (Lipinski definition) is 4. The van der Waals surface area contributed by atoms with Gasteiger partial charge in [0.15, 0.2) is 17.2 Å². The number of aromatic hydroxyl groups is 2. The van der Waals surface area contributed by atoms with Crippen molar-refractivity contribution in [1.29, 1.82) is 0 Å². The summed E-state index contributed by atoms with van der Waals surface area (Å²) in [5, 5.41) is 44.6. The van der Waals surface area contributed by atoms with Crippen molar-refractivity contribution in [3.8, 4) is 11.5 Å². The topological polar surface area (TPSA) is 168 Å². The Morgan fingerprint density at radius 2 is 1.39 bits per heavy atom. The molecule has 36 heavy (non-hydrogen) atoms. The lowest BCUT2D eigenvalue weighted by Gasteiger charge is -2.45. The van der Waals surface area contributed by atoms with E-state index in [1.807, 2.05) is 0 Å². The summed E-state index contributed by atoms with van der Waals surface area (Å²) in [6, 6.07) is 2.53. The zero-order valence-corrected chi connectivity index (χ0v) is 19.0. The van der Waals surface area contributed by atoms with Crippen molar-refractivity contribution in [2.24, 2.45) is 5.92 Å². The number of cyclic esters (lactones) is 2. The number of Topliss-reactive ketones (excluding diaryl/α,β-unsaturated/α-hetero) is 2. The van der Waals surface area contributed by atoms with Gasteiger partial charge in [0, 0.05) is 16.7 Å². The van der Waals surface area contributed by atoms with Gasteiger partial charge in [0.1, 0.15) is 35.8 Å². The van der Waals surface area contributed by atoms with Gasteiger partial charge in [-0.25, -0.2) is 9.59 Å². The Hall–Kier alpha value is -4.02. The molecule has 3 aliphatic carbocycles. The van der Waals surface area contributed by atoms with Crippen molar-refractivity contribution in [2.45, 2.75) is 31.0 Å². The number of rotatable bonds is 0. The van der Waals surface area contributed by atoms with Crippen molar-refractivity contribution in [2.75, 3.05) is 13.2 Å². The van der Waals surface area contributed by atoms with E-state index in [9.17, 15) is 39.6 Å². The highest BCUT2D eigenvalue weighted by Gasteiger charge is 2.70. The third-order valence-corrected chi connectivity index (χ3v) is 8.37. The zero-order valence-electron chi connectivity index (χ0n) is 19.0. The first kappa shape index (κ1) is 21.3. The second-order valence-electron chi connectivity index (χ2n) is 10.1. The molecule has 0 aromatic heterocycles. The fraction of sp³-hybridized carbons (Fsp3) is 0.308. The molecular weight excluding hydrogens is 472 g/mol. The van der Waals surface area contributed by atoms with Gasteiger partial charge in [0.05, 0.1) is 17.4 Å². The van der Waals surface area contributed by atoms with Gasteiger partial charge in [-0.15, -0.1) is 0 Å². The maximum Gasteiger partial charge on any atom is 0.342 e. The van der Waals surface area contributed by atoms with Crippen LogP contribution in [0.25, 0.3) is 5.57 Å². The maximum absolute atomic E-state index is 14.2. The summed E-state index contributed by atoms with van der Waals surface area (Å²) in [7, 11) is 0. The number of aliphatic hydroxyl groups is 2. The molecule has 4 atom stereocenters. The second kappa shape index (κ2) is 6.03. The number of aryl methyl sites for hydroxylation is 2. The molecule has 7 rings (SSSR count). The van der Waals surface area contributed by atoms with E-state index in [0.717, 1.165) is 0 Å². The minimum Gasteiger partial charge on any atom is -0.507 e. The van der Waals surface area contributed by atoms with E-state index in [1.54, 1.807) is 13.8 Å². The number of phenolic OH excluding ortho intramolecular Hbond substituents is 2. The van der Waals surface area contributed by atoms with Gasteiger partial charge in [0.25, 0.3) is 0 Å². The normalized spacial score (nSPS) is 31.0. The second-order valence-corrected chi connectivity index (χ2v) is 10.1. The third kappa shape index (κ3) is 1.94. The molecule has 0 saturated carbocycles. The van der Waals surface area contributed by atoms with E-state index < -0.39 is 71.3 Å². The van der Waals surface area contributed by atoms with Crippen molar-refractivity contribution in [1.82, 2.24) is 0 Å². The number of ketones is 2. The standard InChI is InChI=1S/C26H18O10/c1-7-3-10(28)14-18-11(7)15-16-20(29)12-8(2)4-9(27)13-17(12)25(21(16)30,5-35-23(13)32)19(15)22(31)26(18,34)6-36-24(14)33/h3-4,16,21,27-28,30,34H,5-6H2,1-2H3/t16-,21-,25-,26-/m0/s1. The zero-order chi connectivity index (χ0) is 25.6. The Labute approximate surface area is 202 Å². The van der Waals surface area contributed by atoms with E-state index in [4.69, 9.17) is 9.47 Å². The molecule has 5 aliphatic rings. The highest BCUT2D eigenvalue weighted by Crippen LogP contribution is 2.65. The van der Waals surface area contributed by atoms with Crippen LogP contribution < -0.4 is 0 Å². The van der Waals surface area contributed by atoms with Crippen LogP contribution in [0.1, 0.15) is 58.9 Å². The lowest BCUT2D eigenvalue weighted by molar-refractivity contribution is -0.142. The van der Waals surface area contributed by atoms with E-state index in [0.29, 0.717) is 11.1 Å². The molecule has 0 unspecified atom stereocenters. The summed E-state index contributed by atoms with van der Waals surface area (Å²) < 4.78 is 10.5. The first-order valence-corrected chi connectivity index (χ1v) is 11.3. The van der Waals surface area contributed by atoms with Crippen molar-refractivity contribution in [3.63, 3.8) is 0 Å². The van der Waals surface area contributed by atoms with Gasteiger partial charge in [-0.05, 0) is 53.8 Å². The molecule has 0 saturated heterocycles. The Bertz CT molecular complexity index is 1600. The molecule has 0 radical (unpaired) electrons. The molecule has 1 spiro atoms. The molecule has 2 heterocycles. The van der Waals surface area contributed by atoms with Crippen LogP contribution in [0.4, 0.5) is 0 Å². The first-order valence-electron chi connectivity index (χ1n) is 11.3. The number of phenols is 2. The average Bonchev–Trinajstić information content (AvgIpc) is 2.99. The van der Waals surface area contributed by atoms with Crippen molar-refractivity contribution in [3.05, 3.63) is 62.2 Å². The van der Waals surface area contributed by atoms with Crippen LogP contribution in [-0.2, 0) is 25.3 Å². The quantitative estimate of drug-likeness (QED) is 0.386. The predicted octanol–water partition coefficient (Wildman–Crippen LogP) is 0.704. The fourth-order valence-electron chi connectivity index (χ4n) is 7.01. The predicted molar refractivity (Wildman–Crippen MR) is 118 cm³/mol. The Morgan fingerprint density at radius 1 is 0.833 bits per heavy atom. The van der Waals surface area contributed by atoms with Crippen LogP contribution in [-0.4, -0.2) is 63.2 Å². The van der Waals surface area contributed by atoms with Gasteiger partial charge in [-0.1, -0.05) is 0 Å². The molecule has 2 aliphatic heterocycles. The van der Waals surface area contributed by atoms with Gasteiger partial charge in [-0.2, -0.15) is 0 Å². The SMILES string of the molecule is Cc1cc(O)c2c3c1C1=C(C(=O)[C@]3(O)COC2=O)[C@]23COC(=O)c4c(O)cc(C)c(c42)C(=O)[C@H]1[C@@H]3O. The Kier molecular flexibility index (Phi) is 3.56. The number of ether oxygens (including phenoxy) is 2. The van der Waals surface area contributed by atoms with Crippen LogP contribution in [0.3, 0.4) is 0 Å². The number of aliphatic hydroxyl groups excluding tert-OH is 1. The number of esters is 2. The van der Waals surface area contributed by atoms with Gasteiger partial charge in [-0.3, -0.25) is 9.59 Å². The lowest BCUT2D eigenvalue weighted by Crippen LogP contribution is -2.57. The van der Waals surface area contributed by atoms with E-state index >= 15 is 0 Å². The molecule has 10 heteroatoms. The molecule has 2 bridgehead atoms. The Balaban J connectivity index is 1.70. The van der Waals surface area contributed by atoms with E-state index in [-0.39, 0.29) is 44.5 Å². The van der Waals surface area contributed by atoms with Crippen LogP contribution in [0.2, 0.25) is 0 Å². The van der Waals surface area contributed by atoms with Crippen molar-refractivity contribution < 1.29 is 49.1 Å². The fourth-order valence-corrected chi connectivity index (χ4v) is 7.01. The third-order valence-electron chi connectivity index (χ3n) is 8.37. The summed E-state index contributed by atoms with van der Waals surface area (Å²) in [6.07, 6.45) is -1.57. The van der Waals surface area contributed by atoms with Crippen LogP contribution in [0.5, 0.6) is 11.5 Å². The Morgan fingerprint density at radius 3 is 2.03 bits per heavy atom. The molecule has 0 fully saturated rings. The number of carbonyl (C=O) groups is 4. The monoisotopic (exact) mass is 490 g/mol. The average molecular weight is 490 g/mol. The van der Waals surface area contributed by atoms with Gasteiger partial charge < -0.3 is 29.9 Å². The molecule has 182 valence electrons. The van der Waals surface area contributed by atoms with Crippen molar-refractivity contribution >= 4 is 29.1 Å². The summed E-state index contributed by atoms with van der Waals surface area (Å²) in [4.78, 5) is 53.5. The van der Waals surface area contributed by atoms with Crippen LogP contribution >= 0.6 is 0 Å². The van der Waals surface area contributed by atoms with Crippen LogP contribution in [0, 0.1) is 19.8 Å². The highest BCUT2D eigenvalue weighted by molar-refractivity contribution is 6.25. The van der Waals surface area contributed by atoms with Gasteiger partial charge >= 0.3 is 11.9 Å². The number of benzene rings is 2. The molecule has 10 nitrogen and oxygen atoms in total. The maximum atomic E-state index is 14.2. The molecular formula is C26H18O10. The molecule has 2 aromatic carbocycles. The van der Waals surface area contributed by atoms with E-state index in [1.165, 1.54) is 12.1 Å². The number of carbonyl (C=O) groups excluding carboxylic acids is 4. The molecule has 0 amide bonds. The minimum absolute atomic E-state index is 0.000130. The van der Waals surface area contributed by atoms with E-state index in [2.05, 4.69) is 0 Å². The summed E-state index contributed by atoms with van der Waals surface area (Å²) in [5.74, 6) is -5.57. The number of hydrogen-bond acceptors (Lipinski definition) is 10. The highest BCUT2D eigenvalue weighted by atomic mass is 16.5.